The van der Waals surface area contributed by atoms with Crippen molar-refractivity contribution in [2.45, 2.75) is 45.6 Å². The Labute approximate surface area is 97.3 Å². The van der Waals surface area contributed by atoms with Crippen molar-refractivity contribution in [2.24, 2.45) is 0 Å². The van der Waals surface area contributed by atoms with E-state index in [0.717, 1.165) is 12.0 Å². The molecule has 0 heterocycles. The highest BCUT2D eigenvalue weighted by Gasteiger charge is 2.27. The summed E-state index contributed by atoms with van der Waals surface area (Å²) in [6.07, 6.45) is 1.77. The largest absolute Gasteiger partial charge is 0.382 e. The highest BCUT2D eigenvalue weighted by molar-refractivity contribution is 5.88. The molecule has 1 atom stereocenters. The summed E-state index contributed by atoms with van der Waals surface area (Å²) < 4.78 is 0. The minimum absolute atomic E-state index is 0.112. The second-order valence-electron chi connectivity index (χ2n) is 4.40. The molecular weight excluding hydrogens is 200 g/mol. The standard InChI is InChI=1S/C14H20O2/c1-4-11-6-8-12(9-7-11)10-13(15)14(3,16)5-2/h6-9,16H,4-5,10H2,1-3H3. The van der Waals surface area contributed by atoms with Crippen LogP contribution in [0, 0.1) is 0 Å². The summed E-state index contributed by atoms with van der Waals surface area (Å²) in [6, 6.07) is 7.98. The third-order valence-corrected chi connectivity index (χ3v) is 3.09. The van der Waals surface area contributed by atoms with Crippen molar-refractivity contribution in [3.8, 4) is 0 Å². The monoisotopic (exact) mass is 220 g/mol. The predicted molar refractivity (Wildman–Crippen MR) is 65.4 cm³/mol. The quantitative estimate of drug-likeness (QED) is 0.828. The third-order valence-electron chi connectivity index (χ3n) is 3.09. The van der Waals surface area contributed by atoms with Gasteiger partial charge in [-0.25, -0.2) is 0 Å². The molecule has 0 saturated heterocycles. The maximum absolute atomic E-state index is 11.8. The molecule has 16 heavy (non-hydrogen) atoms. The van der Waals surface area contributed by atoms with E-state index < -0.39 is 5.60 Å². The van der Waals surface area contributed by atoms with E-state index in [4.69, 9.17) is 0 Å². The van der Waals surface area contributed by atoms with Gasteiger partial charge in [-0.3, -0.25) is 4.79 Å². The summed E-state index contributed by atoms with van der Waals surface area (Å²) in [5, 5.41) is 9.80. The molecule has 0 aliphatic carbocycles. The smallest absolute Gasteiger partial charge is 0.168 e. The zero-order valence-electron chi connectivity index (χ0n) is 10.3. The second kappa shape index (κ2) is 5.26. The molecule has 1 N–H and O–H groups in total. The van der Waals surface area contributed by atoms with Crippen LogP contribution in [-0.2, 0) is 17.6 Å². The van der Waals surface area contributed by atoms with E-state index in [1.165, 1.54) is 5.56 Å². The number of hydrogen-bond acceptors (Lipinski definition) is 2. The Kier molecular flexibility index (Phi) is 4.25. The van der Waals surface area contributed by atoms with E-state index in [0.29, 0.717) is 12.8 Å². The molecule has 2 heteroatoms. The number of ketones is 1. The Hall–Kier alpha value is -1.15. The van der Waals surface area contributed by atoms with Crippen LogP contribution in [-0.4, -0.2) is 16.5 Å². The Morgan fingerprint density at radius 3 is 2.12 bits per heavy atom. The minimum Gasteiger partial charge on any atom is -0.382 e. The molecule has 2 nitrogen and oxygen atoms in total. The highest BCUT2D eigenvalue weighted by Crippen LogP contribution is 2.14. The van der Waals surface area contributed by atoms with Gasteiger partial charge in [0.05, 0.1) is 0 Å². The molecule has 1 aromatic carbocycles. The molecule has 0 saturated carbocycles. The Morgan fingerprint density at radius 1 is 1.19 bits per heavy atom. The number of carbonyl (C=O) groups is 1. The SMILES string of the molecule is CCc1ccc(CC(=O)C(C)(O)CC)cc1. The van der Waals surface area contributed by atoms with E-state index in [1.807, 2.05) is 31.2 Å². The molecule has 88 valence electrons. The van der Waals surface area contributed by atoms with Gasteiger partial charge < -0.3 is 5.11 Å². The van der Waals surface area contributed by atoms with Crippen molar-refractivity contribution in [1.29, 1.82) is 0 Å². The topological polar surface area (TPSA) is 37.3 Å². The summed E-state index contributed by atoms with van der Waals surface area (Å²) in [4.78, 5) is 11.8. The number of aryl methyl sites for hydroxylation is 1. The van der Waals surface area contributed by atoms with Gasteiger partial charge in [0.1, 0.15) is 5.60 Å². The summed E-state index contributed by atoms with van der Waals surface area (Å²) in [5.41, 5.74) is 1.04. The van der Waals surface area contributed by atoms with Gasteiger partial charge in [0.25, 0.3) is 0 Å². The number of carbonyl (C=O) groups excluding carboxylic acids is 1. The first-order valence-electron chi connectivity index (χ1n) is 5.83. The lowest BCUT2D eigenvalue weighted by molar-refractivity contribution is -0.135. The molecule has 1 rings (SSSR count). The lowest BCUT2D eigenvalue weighted by atomic mass is 9.92. The van der Waals surface area contributed by atoms with Crippen LogP contribution >= 0.6 is 0 Å². The van der Waals surface area contributed by atoms with Crippen LogP contribution in [0.3, 0.4) is 0 Å². The molecule has 0 aromatic heterocycles. The molecule has 0 radical (unpaired) electrons. The summed E-state index contributed by atoms with van der Waals surface area (Å²) in [5.74, 6) is -0.112. The zero-order chi connectivity index (χ0) is 12.2. The summed E-state index contributed by atoms with van der Waals surface area (Å²) in [7, 11) is 0. The van der Waals surface area contributed by atoms with Crippen molar-refractivity contribution in [1.82, 2.24) is 0 Å². The van der Waals surface area contributed by atoms with Crippen LogP contribution < -0.4 is 0 Å². The molecule has 0 aliphatic heterocycles. The van der Waals surface area contributed by atoms with E-state index in [1.54, 1.807) is 6.92 Å². The van der Waals surface area contributed by atoms with Gasteiger partial charge in [-0.15, -0.1) is 0 Å². The van der Waals surface area contributed by atoms with Gasteiger partial charge in [-0.2, -0.15) is 0 Å². The molecule has 0 spiro atoms. The van der Waals surface area contributed by atoms with Crippen LogP contribution in [0.4, 0.5) is 0 Å². The second-order valence-corrected chi connectivity index (χ2v) is 4.40. The lowest BCUT2D eigenvalue weighted by Gasteiger charge is -2.19. The maximum atomic E-state index is 11.8. The van der Waals surface area contributed by atoms with Crippen LogP contribution in [0.15, 0.2) is 24.3 Å². The molecule has 0 bridgehead atoms. The minimum atomic E-state index is -1.19. The van der Waals surface area contributed by atoms with Gasteiger partial charge in [0, 0.05) is 6.42 Å². The van der Waals surface area contributed by atoms with Crippen molar-refractivity contribution in [3.63, 3.8) is 0 Å². The summed E-state index contributed by atoms with van der Waals surface area (Å²) >= 11 is 0. The van der Waals surface area contributed by atoms with Crippen molar-refractivity contribution >= 4 is 5.78 Å². The fourth-order valence-electron chi connectivity index (χ4n) is 1.47. The van der Waals surface area contributed by atoms with E-state index >= 15 is 0 Å². The number of Topliss-reactive ketones (excluding diaryl/α,β-unsaturated/α-hetero) is 1. The van der Waals surface area contributed by atoms with E-state index in [2.05, 4.69) is 6.92 Å². The number of hydrogen-bond donors (Lipinski definition) is 1. The average molecular weight is 220 g/mol. The molecular formula is C14H20O2. The average Bonchev–Trinajstić information content (AvgIpc) is 2.30. The zero-order valence-corrected chi connectivity index (χ0v) is 10.3. The van der Waals surface area contributed by atoms with Crippen molar-refractivity contribution in [3.05, 3.63) is 35.4 Å². The lowest BCUT2D eigenvalue weighted by Crippen LogP contribution is -2.35. The van der Waals surface area contributed by atoms with E-state index in [-0.39, 0.29) is 5.78 Å². The predicted octanol–water partition coefficient (Wildman–Crippen LogP) is 2.52. The van der Waals surface area contributed by atoms with Gasteiger partial charge in [-0.05, 0) is 30.9 Å². The first-order valence-corrected chi connectivity index (χ1v) is 5.83. The molecule has 1 unspecified atom stereocenters. The van der Waals surface area contributed by atoms with Crippen molar-refractivity contribution < 1.29 is 9.90 Å². The Morgan fingerprint density at radius 2 is 1.69 bits per heavy atom. The summed E-state index contributed by atoms with van der Waals surface area (Å²) in [6.45, 7) is 5.50. The Bertz CT molecular complexity index is 350. The number of aliphatic hydroxyl groups is 1. The fourth-order valence-corrected chi connectivity index (χ4v) is 1.47. The highest BCUT2D eigenvalue weighted by atomic mass is 16.3. The first kappa shape index (κ1) is 12.9. The van der Waals surface area contributed by atoms with Gasteiger partial charge in [-0.1, -0.05) is 38.1 Å². The normalized spacial score (nSPS) is 14.5. The van der Waals surface area contributed by atoms with E-state index in [9.17, 15) is 9.90 Å². The number of benzene rings is 1. The van der Waals surface area contributed by atoms with Crippen LogP contribution in [0.2, 0.25) is 0 Å². The van der Waals surface area contributed by atoms with Crippen molar-refractivity contribution in [2.75, 3.05) is 0 Å². The fraction of sp³-hybridized carbons (Fsp3) is 0.500. The van der Waals surface area contributed by atoms with Gasteiger partial charge in [0.2, 0.25) is 0 Å². The molecule has 0 amide bonds. The molecule has 0 aliphatic rings. The van der Waals surface area contributed by atoms with Crippen LogP contribution in [0.5, 0.6) is 0 Å². The Balaban J connectivity index is 2.70. The maximum Gasteiger partial charge on any atom is 0.168 e. The van der Waals surface area contributed by atoms with Gasteiger partial charge in [0.15, 0.2) is 5.78 Å². The van der Waals surface area contributed by atoms with Crippen LogP contribution in [0.1, 0.15) is 38.3 Å². The number of rotatable bonds is 5. The molecule has 0 fully saturated rings. The molecule has 1 aromatic rings. The first-order chi connectivity index (χ1) is 7.49. The van der Waals surface area contributed by atoms with Gasteiger partial charge >= 0.3 is 0 Å². The third kappa shape index (κ3) is 3.17. The van der Waals surface area contributed by atoms with Crippen LogP contribution in [0.25, 0.3) is 0 Å².